The Hall–Kier alpha value is -1.64. The largest absolute Gasteiger partial charge is 0.465 e. The minimum absolute atomic E-state index is 0.157. The van der Waals surface area contributed by atoms with Gasteiger partial charge in [-0.3, -0.25) is 0 Å². The normalized spacial score (nSPS) is 23.0. The molecule has 0 radical (unpaired) electrons. The molecule has 1 aliphatic carbocycles. The summed E-state index contributed by atoms with van der Waals surface area (Å²) in [6, 6.07) is 4.62. The Kier molecular flexibility index (Phi) is 4.48. The summed E-state index contributed by atoms with van der Waals surface area (Å²) in [4.78, 5) is 14.5. The van der Waals surface area contributed by atoms with E-state index in [9.17, 15) is 13.2 Å². The monoisotopic (exact) mass is 394 g/mol. The molecule has 1 aromatic carbocycles. The number of hydrogen-bond donors (Lipinski definition) is 1. The summed E-state index contributed by atoms with van der Waals surface area (Å²) in [5.41, 5.74) is 0.951. The minimum atomic E-state index is -3.71. The zero-order valence-electron chi connectivity index (χ0n) is 15.8. The van der Waals surface area contributed by atoms with Crippen molar-refractivity contribution in [3.8, 4) is 0 Å². The summed E-state index contributed by atoms with van der Waals surface area (Å²) in [6.07, 6.45) is 4.73. The third kappa shape index (κ3) is 3.58. The van der Waals surface area contributed by atoms with Gasteiger partial charge in [0.1, 0.15) is 0 Å². The maximum absolute atomic E-state index is 12.8. The first-order valence-electron chi connectivity index (χ1n) is 9.35. The van der Waals surface area contributed by atoms with Crippen LogP contribution in [0.4, 0.5) is 5.69 Å². The molecule has 0 bridgehead atoms. The van der Waals surface area contributed by atoms with Crippen molar-refractivity contribution < 1.29 is 22.7 Å². The highest BCUT2D eigenvalue weighted by atomic mass is 32.2. The van der Waals surface area contributed by atoms with Crippen molar-refractivity contribution in [1.82, 2.24) is 4.72 Å². The quantitative estimate of drug-likeness (QED) is 0.768. The van der Waals surface area contributed by atoms with Crippen molar-refractivity contribution in [3.05, 3.63) is 23.8 Å². The molecule has 8 heteroatoms. The Bertz CT molecular complexity index is 849. The van der Waals surface area contributed by atoms with Gasteiger partial charge >= 0.3 is 5.97 Å². The maximum atomic E-state index is 12.8. The molecule has 1 saturated carbocycles. The van der Waals surface area contributed by atoms with Crippen molar-refractivity contribution in [3.63, 3.8) is 0 Å². The van der Waals surface area contributed by atoms with Crippen molar-refractivity contribution in [2.24, 2.45) is 5.41 Å². The van der Waals surface area contributed by atoms with Crippen LogP contribution < -0.4 is 9.62 Å². The summed E-state index contributed by atoms with van der Waals surface area (Å²) >= 11 is 0. The number of methoxy groups -OCH3 is 1. The van der Waals surface area contributed by atoms with Gasteiger partial charge in [0.25, 0.3) is 0 Å². The molecular weight excluding hydrogens is 368 g/mol. The molecule has 0 unspecified atom stereocenters. The van der Waals surface area contributed by atoms with Crippen molar-refractivity contribution in [2.45, 2.75) is 43.0 Å². The fraction of sp³-hybridized carbons (Fsp3) is 0.632. The SMILES string of the molecule is COC(=O)c1ccc(S(=O)(=O)NC2(C)COC2)cc1N1CCC2(CC1)CC2. The van der Waals surface area contributed by atoms with Crippen LogP contribution in [0.15, 0.2) is 23.1 Å². The Morgan fingerprint density at radius 3 is 2.37 bits per heavy atom. The highest BCUT2D eigenvalue weighted by Crippen LogP contribution is 2.54. The number of ether oxygens (including phenoxy) is 2. The van der Waals surface area contributed by atoms with Gasteiger partial charge in [0.15, 0.2) is 0 Å². The number of nitrogens with one attached hydrogen (secondary N) is 1. The summed E-state index contributed by atoms with van der Waals surface area (Å²) in [5, 5.41) is 0. The smallest absolute Gasteiger partial charge is 0.339 e. The summed E-state index contributed by atoms with van der Waals surface area (Å²) < 4.78 is 38.4. The van der Waals surface area contributed by atoms with Crippen LogP contribution in [0.5, 0.6) is 0 Å². The van der Waals surface area contributed by atoms with Crippen LogP contribution in [0.2, 0.25) is 0 Å². The Balaban J connectivity index is 1.64. The number of sulfonamides is 1. The van der Waals surface area contributed by atoms with Crippen molar-refractivity contribution in [2.75, 3.05) is 38.3 Å². The summed E-state index contributed by atoms with van der Waals surface area (Å²) in [7, 11) is -2.37. The van der Waals surface area contributed by atoms with Crippen molar-refractivity contribution >= 4 is 21.7 Å². The maximum Gasteiger partial charge on any atom is 0.339 e. The molecule has 3 aliphatic rings. The van der Waals surface area contributed by atoms with Crippen LogP contribution in [0, 0.1) is 5.41 Å². The second-order valence-electron chi connectivity index (χ2n) is 8.32. The van der Waals surface area contributed by atoms with Gasteiger partial charge in [-0.15, -0.1) is 0 Å². The molecule has 2 saturated heterocycles. The highest BCUT2D eigenvalue weighted by Gasteiger charge is 2.45. The molecule has 0 atom stereocenters. The zero-order chi connectivity index (χ0) is 19.3. The number of hydrogen-bond acceptors (Lipinski definition) is 6. The molecule has 1 spiro atoms. The number of esters is 1. The predicted molar refractivity (Wildman–Crippen MR) is 100 cm³/mol. The van der Waals surface area contributed by atoms with Gasteiger partial charge in [-0.2, -0.15) is 0 Å². The number of carbonyl (C=O) groups excluding carboxylic acids is 1. The van der Waals surface area contributed by atoms with Gasteiger partial charge in [-0.1, -0.05) is 0 Å². The van der Waals surface area contributed by atoms with Gasteiger partial charge in [-0.25, -0.2) is 17.9 Å². The second-order valence-corrected chi connectivity index (χ2v) is 10.00. The average Bonchev–Trinajstić information content (AvgIpc) is 3.38. The van der Waals surface area contributed by atoms with E-state index in [1.807, 2.05) is 6.92 Å². The van der Waals surface area contributed by atoms with Crippen molar-refractivity contribution in [1.29, 1.82) is 0 Å². The first-order chi connectivity index (χ1) is 12.8. The molecular formula is C19H26N2O5S. The van der Waals surface area contributed by atoms with Gasteiger partial charge in [0, 0.05) is 13.1 Å². The van der Waals surface area contributed by atoms with Crippen LogP contribution in [-0.4, -0.2) is 53.3 Å². The molecule has 2 heterocycles. The lowest BCUT2D eigenvalue weighted by Crippen LogP contribution is -2.59. The number of carbonyl (C=O) groups is 1. The fourth-order valence-electron chi connectivity index (χ4n) is 3.97. The first-order valence-corrected chi connectivity index (χ1v) is 10.8. The molecule has 4 rings (SSSR count). The van der Waals surface area contributed by atoms with E-state index in [2.05, 4.69) is 9.62 Å². The average molecular weight is 394 g/mol. The molecule has 148 valence electrons. The van der Waals surface area contributed by atoms with Gasteiger partial charge < -0.3 is 14.4 Å². The Morgan fingerprint density at radius 2 is 1.85 bits per heavy atom. The molecule has 27 heavy (non-hydrogen) atoms. The molecule has 3 fully saturated rings. The van der Waals surface area contributed by atoms with Crippen LogP contribution in [-0.2, 0) is 19.5 Å². The third-order valence-corrected chi connectivity index (χ3v) is 7.66. The number of anilines is 1. The van der Waals surface area contributed by atoms with Gasteiger partial charge in [0.2, 0.25) is 10.0 Å². The molecule has 2 aliphatic heterocycles. The van der Waals surface area contributed by atoms with Gasteiger partial charge in [-0.05, 0) is 56.2 Å². The molecule has 7 nitrogen and oxygen atoms in total. The van der Waals surface area contributed by atoms with Gasteiger partial charge in [0.05, 0.1) is 42.0 Å². The summed E-state index contributed by atoms with van der Waals surface area (Å²) in [6.45, 7) is 4.18. The molecule has 0 aromatic heterocycles. The van der Waals surface area contributed by atoms with Crippen LogP contribution in [0.3, 0.4) is 0 Å². The molecule has 1 aromatic rings. The van der Waals surface area contributed by atoms with E-state index >= 15 is 0 Å². The lowest BCUT2D eigenvalue weighted by atomic mass is 9.93. The summed E-state index contributed by atoms with van der Waals surface area (Å²) in [5.74, 6) is -0.451. The van der Waals surface area contributed by atoms with E-state index in [1.54, 1.807) is 12.1 Å². The van der Waals surface area contributed by atoms with E-state index < -0.39 is 21.5 Å². The molecule has 1 N–H and O–H groups in total. The number of nitrogens with zero attached hydrogens (tertiary/aromatic N) is 1. The lowest BCUT2D eigenvalue weighted by molar-refractivity contribution is -0.0523. The van der Waals surface area contributed by atoms with Crippen LogP contribution in [0.1, 0.15) is 43.0 Å². The number of benzene rings is 1. The van der Waals surface area contributed by atoms with E-state index in [0.29, 0.717) is 29.9 Å². The van der Waals surface area contributed by atoms with Crippen LogP contribution in [0.25, 0.3) is 0 Å². The van der Waals surface area contributed by atoms with E-state index in [0.717, 1.165) is 25.9 Å². The Morgan fingerprint density at radius 1 is 1.19 bits per heavy atom. The minimum Gasteiger partial charge on any atom is -0.465 e. The topological polar surface area (TPSA) is 84.9 Å². The number of piperidine rings is 1. The predicted octanol–water partition coefficient (Wildman–Crippen LogP) is 1.92. The number of rotatable bonds is 5. The highest BCUT2D eigenvalue weighted by molar-refractivity contribution is 7.89. The van der Waals surface area contributed by atoms with E-state index in [1.165, 1.54) is 26.0 Å². The second kappa shape index (κ2) is 6.46. The third-order valence-electron chi connectivity index (χ3n) is 6.03. The van der Waals surface area contributed by atoms with E-state index in [-0.39, 0.29) is 4.90 Å². The van der Waals surface area contributed by atoms with Crippen LogP contribution >= 0.6 is 0 Å². The van der Waals surface area contributed by atoms with E-state index in [4.69, 9.17) is 9.47 Å². The first kappa shape index (κ1) is 18.7. The molecule has 0 amide bonds. The standard InChI is InChI=1S/C19H26N2O5S/c1-18(12-26-13-18)20-27(23,24)14-3-4-15(17(22)25-2)16(11-14)21-9-7-19(5-6-19)8-10-21/h3-4,11,20H,5-10,12-13H2,1-2H3. The zero-order valence-corrected chi connectivity index (χ0v) is 16.6. The lowest BCUT2D eigenvalue weighted by Gasteiger charge is -2.38. The fourth-order valence-corrected chi connectivity index (χ4v) is 5.37. The Labute approximate surface area is 160 Å².